The van der Waals surface area contributed by atoms with Crippen molar-refractivity contribution in [1.29, 1.82) is 0 Å². The molecule has 20 heavy (non-hydrogen) atoms. The Labute approximate surface area is 121 Å². The number of furan rings is 1. The maximum absolute atomic E-state index is 5.44. The zero-order valence-corrected chi connectivity index (χ0v) is 12.1. The van der Waals surface area contributed by atoms with Gasteiger partial charge in [0.1, 0.15) is 5.76 Å². The van der Waals surface area contributed by atoms with Crippen LogP contribution in [0.3, 0.4) is 0 Å². The fraction of sp³-hybridized carbons (Fsp3) is 0.647. The summed E-state index contributed by atoms with van der Waals surface area (Å²) in [5.74, 6) is 3.82. The van der Waals surface area contributed by atoms with Crippen molar-refractivity contribution in [3.63, 3.8) is 0 Å². The molecule has 1 aromatic rings. The highest BCUT2D eigenvalue weighted by atomic mass is 16.3. The molecule has 0 spiro atoms. The first-order chi connectivity index (χ1) is 9.87. The lowest BCUT2D eigenvalue weighted by Gasteiger charge is -2.36. The summed E-state index contributed by atoms with van der Waals surface area (Å²) in [6.07, 6.45) is 9.57. The summed E-state index contributed by atoms with van der Waals surface area (Å²) in [5, 5.41) is 0. The van der Waals surface area contributed by atoms with E-state index in [4.69, 9.17) is 4.42 Å². The fourth-order valence-corrected chi connectivity index (χ4v) is 4.19. The molecular formula is C17H24N2O. The third kappa shape index (κ3) is 2.57. The number of hydrogen-bond donors (Lipinski definition) is 0. The molecule has 0 N–H and O–H groups in total. The molecule has 4 rings (SSSR count). The van der Waals surface area contributed by atoms with Crippen molar-refractivity contribution in [2.75, 3.05) is 32.7 Å². The Morgan fingerprint density at radius 2 is 1.90 bits per heavy atom. The van der Waals surface area contributed by atoms with Gasteiger partial charge in [0.2, 0.25) is 0 Å². The smallest absolute Gasteiger partial charge is 0.117 e. The van der Waals surface area contributed by atoms with Gasteiger partial charge in [0.15, 0.2) is 0 Å². The first-order valence-electron chi connectivity index (χ1n) is 8.02. The Kier molecular flexibility index (Phi) is 3.41. The molecule has 2 aliphatic carbocycles. The van der Waals surface area contributed by atoms with Crippen molar-refractivity contribution in [3.8, 4) is 0 Å². The molecule has 1 aromatic heterocycles. The summed E-state index contributed by atoms with van der Waals surface area (Å²) < 4.78 is 5.44. The minimum atomic E-state index is 0.890. The third-order valence-corrected chi connectivity index (χ3v) is 5.33. The molecule has 1 aliphatic heterocycles. The summed E-state index contributed by atoms with van der Waals surface area (Å²) in [6, 6.07) is 4.06. The molecule has 0 unspecified atom stereocenters. The van der Waals surface area contributed by atoms with Crippen LogP contribution in [-0.2, 0) is 6.54 Å². The van der Waals surface area contributed by atoms with Gasteiger partial charge in [-0.25, -0.2) is 0 Å². The molecule has 1 saturated carbocycles. The standard InChI is InChI=1S/C17H24N2O/c1-2-17(20-9-1)13-19-7-5-18(6-8-19)12-16-11-14-3-4-15(16)10-14/h1-4,9,14-16H,5-8,10-13H2/t14-,15+,16-/m0/s1. The molecule has 0 radical (unpaired) electrons. The Bertz CT molecular complexity index is 459. The Morgan fingerprint density at radius 3 is 2.55 bits per heavy atom. The molecule has 0 amide bonds. The summed E-state index contributed by atoms with van der Waals surface area (Å²) in [4.78, 5) is 5.19. The molecule has 1 saturated heterocycles. The maximum atomic E-state index is 5.44. The Hall–Kier alpha value is -1.06. The third-order valence-electron chi connectivity index (χ3n) is 5.33. The van der Waals surface area contributed by atoms with E-state index < -0.39 is 0 Å². The van der Waals surface area contributed by atoms with Crippen LogP contribution in [-0.4, -0.2) is 42.5 Å². The van der Waals surface area contributed by atoms with E-state index in [1.54, 1.807) is 6.26 Å². The average molecular weight is 272 g/mol. The van der Waals surface area contributed by atoms with Crippen LogP contribution >= 0.6 is 0 Å². The monoisotopic (exact) mass is 272 g/mol. The normalized spacial score (nSPS) is 34.1. The molecule has 108 valence electrons. The number of fused-ring (bicyclic) bond motifs is 2. The van der Waals surface area contributed by atoms with Gasteiger partial charge in [-0.1, -0.05) is 12.2 Å². The van der Waals surface area contributed by atoms with Crippen LogP contribution in [0, 0.1) is 17.8 Å². The molecular weight excluding hydrogens is 248 g/mol. The van der Waals surface area contributed by atoms with Crippen LogP contribution in [0.5, 0.6) is 0 Å². The predicted octanol–water partition coefficient (Wildman–Crippen LogP) is 2.61. The number of rotatable bonds is 4. The van der Waals surface area contributed by atoms with Crippen molar-refractivity contribution < 1.29 is 4.42 Å². The number of allylic oxidation sites excluding steroid dienone is 2. The summed E-state index contributed by atoms with van der Waals surface area (Å²) in [7, 11) is 0. The van der Waals surface area contributed by atoms with E-state index in [1.165, 1.54) is 45.6 Å². The first-order valence-corrected chi connectivity index (χ1v) is 8.02. The highest BCUT2D eigenvalue weighted by Gasteiger charge is 2.36. The van der Waals surface area contributed by atoms with Crippen molar-refractivity contribution >= 4 is 0 Å². The van der Waals surface area contributed by atoms with Crippen molar-refractivity contribution in [2.45, 2.75) is 19.4 Å². The summed E-state index contributed by atoms with van der Waals surface area (Å²) >= 11 is 0. The SMILES string of the molecule is C1=C[C@@H]2C[C@H]1C[C@H]2CN1CCN(Cc2ccco2)CC1. The maximum Gasteiger partial charge on any atom is 0.117 e. The van der Waals surface area contributed by atoms with Gasteiger partial charge in [-0.2, -0.15) is 0 Å². The van der Waals surface area contributed by atoms with Crippen LogP contribution in [0.25, 0.3) is 0 Å². The molecule has 3 atom stereocenters. The number of hydrogen-bond acceptors (Lipinski definition) is 3. The zero-order valence-electron chi connectivity index (χ0n) is 12.1. The Balaban J connectivity index is 1.24. The minimum absolute atomic E-state index is 0.890. The van der Waals surface area contributed by atoms with Gasteiger partial charge in [-0.05, 0) is 42.7 Å². The topological polar surface area (TPSA) is 19.6 Å². The minimum Gasteiger partial charge on any atom is -0.468 e. The highest BCUT2D eigenvalue weighted by Crippen LogP contribution is 2.43. The molecule has 2 heterocycles. The van der Waals surface area contributed by atoms with Gasteiger partial charge in [0.25, 0.3) is 0 Å². The van der Waals surface area contributed by atoms with Gasteiger partial charge in [0, 0.05) is 32.7 Å². The lowest BCUT2D eigenvalue weighted by atomic mass is 9.93. The van der Waals surface area contributed by atoms with Crippen molar-refractivity contribution in [2.24, 2.45) is 17.8 Å². The largest absolute Gasteiger partial charge is 0.468 e. The van der Waals surface area contributed by atoms with Crippen LogP contribution in [0.1, 0.15) is 18.6 Å². The molecule has 3 aliphatic rings. The van der Waals surface area contributed by atoms with Crippen molar-refractivity contribution in [3.05, 3.63) is 36.3 Å². The number of piperazine rings is 1. The van der Waals surface area contributed by atoms with E-state index in [1.807, 2.05) is 6.07 Å². The van der Waals surface area contributed by atoms with Gasteiger partial charge in [0.05, 0.1) is 12.8 Å². The molecule has 2 fully saturated rings. The lowest BCUT2D eigenvalue weighted by Crippen LogP contribution is -2.47. The van der Waals surface area contributed by atoms with Gasteiger partial charge in [-0.3, -0.25) is 4.90 Å². The second-order valence-corrected chi connectivity index (χ2v) is 6.70. The average Bonchev–Trinajstić information content (AvgIpc) is 3.18. The van der Waals surface area contributed by atoms with E-state index in [-0.39, 0.29) is 0 Å². The molecule has 3 heteroatoms. The van der Waals surface area contributed by atoms with Crippen molar-refractivity contribution in [1.82, 2.24) is 9.80 Å². The molecule has 0 aromatic carbocycles. The zero-order chi connectivity index (χ0) is 13.4. The van der Waals surface area contributed by atoms with E-state index >= 15 is 0 Å². The van der Waals surface area contributed by atoms with Gasteiger partial charge < -0.3 is 9.32 Å². The molecule has 3 nitrogen and oxygen atoms in total. The Morgan fingerprint density at radius 1 is 1.05 bits per heavy atom. The van der Waals surface area contributed by atoms with Crippen LogP contribution in [0.4, 0.5) is 0 Å². The second-order valence-electron chi connectivity index (χ2n) is 6.70. The lowest BCUT2D eigenvalue weighted by molar-refractivity contribution is 0.103. The van der Waals surface area contributed by atoms with E-state index in [0.29, 0.717) is 0 Å². The van der Waals surface area contributed by atoms with Crippen LogP contribution < -0.4 is 0 Å². The highest BCUT2D eigenvalue weighted by molar-refractivity contribution is 5.10. The van der Waals surface area contributed by atoms with Crippen LogP contribution in [0.15, 0.2) is 35.0 Å². The predicted molar refractivity (Wildman–Crippen MR) is 79.3 cm³/mol. The van der Waals surface area contributed by atoms with E-state index in [0.717, 1.165) is 30.1 Å². The molecule has 2 bridgehead atoms. The van der Waals surface area contributed by atoms with E-state index in [2.05, 4.69) is 28.0 Å². The van der Waals surface area contributed by atoms with Gasteiger partial charge >= 0.3 is 0 Å². The van der Waals surface area contributed by atoms with Gasteiger partial charge in [-0.15, -0.1) is 0 Å². The second kappa shape index (κ2) is 5.38. The summed E-state index contributed by atoms with van der Waals surface area (Å²) in [5.41, 5.74) is 0. The quantitative estimate of drug-likeness (QED) is 0.786. The van der Waals surface area contributed by atoms with E-state index in [9.17, 15) is 0 Å². The fourth-order valence-electron chi connectivity index (χ4n) is 4.19. The first kappa shape index (κ1) is 12.7. The number of nitrogens with zero attached hydrogens (tertiary/aromatic N) is 2. The van der Waals surface area contributed by atoms with Crippen LogP contribution in [0.2, 0.25) is 0 Å². The summed E-state index contributed by atoms with van der Waals surface area (Å²) in [6.45, 7) is 7.09.